The van der Waals surface area contributed by atoms with Crippen molar-refractivity contribution in [2.45, 2.75) is 32.8 Å². The van der Waals surface area contributed by atoms with Crippen LogP contribution < -0.4 is 14.8 Å². The average molecular weight is 376 g/mol. The van der Waals surface area contributed by atoms with E-state index < -0.39 is 0 Å². The summed E-state index contributed by atoms with van der Waals surface area (Å²) >= 11 is 0. The summed E-state index contributed by atoms with van der Waals surface area (Å²) in [6.45, 7) is 6.40. The van der Waals surface area contributed by atoms with Crippen LogP contribution in [-0.4, -0.2) is 13.2 Å². The van der Waals surface area contributed by atoms with Crippen molar-refractivity contribution in [1.82, 2.24) is 0 Å². The number of nitrogens with one attached hydrogen (secondary N) is 1. The summed E-state index contributed by atoms with van der Waals surface area (Å²) < 4.78 is 11.8. The Hall–Kier alpha value is -2.94. The molecule has 0 fully saturated rings. The van der Waals surface area contributed by atoms with E-state index in [1.807, 2.05) is 48.5 Å². The van der Waals surface area contributed by atoms with E-state index in [-0.39, 0.29) is 0 Å². The maximum atomic E-state index is 6.01. The number of hydrogen-bond donors (Lipinski definition) is 1. The molecule has 0 spiro atoms. The lowest BCUT2D eigenvalue weighted by Crippen LogP contribution is -2.12. The summed E-state index contributed by atoms with van der Waals surface area (Å²) in [7, 11) is 0. The lowest BCUT2D eigenvalue weighted by molar-refractivity contribution is 0.306. The van der Waals surface area contributed by atoms with Gasteiger partial charge in [-0.25, -0.2) is 0 Å². The van der Waals surface area contributed by atoms with Crippen molar-refractivity contribution in [2.24, 2.45) is 0 Å². The van der Waals surface area contributed by atoms with E-state index in [4.69, 9.17) is 9.47 Å². The molecule has 3 aromatic carbocycles. The van der Waals surface area contributed by atoms with Crippen LogP contribution in [0.5, 0.6) is 11.5 Å². The minimum absolute atomic E-state index is 0.507. The molecule has 1 unspecified atom stereocenters. The quantitative estimate of drug-likeness (QED) is 0.424. The number of hydrogen-bond acceptors (Lipinski definition) is 3. The smallest absolute Gasteiger partial charge is 0.122 e. The van der Waals surface area contributed by atoms with E-state index in [1.165, 1.54) is 11.1 Å². The maximum Gasteiger partial charge on any atom is 0.122 e. The highest BCUT2D eigenvalue weighted by molar-refractivity contribution is 5.46. The number of anilines is 1. The summed E-state index contributed by atoms with van der Waals surface area (Å²) in [4.78, 5) is 0. The molecule has 0 aromatic heterocycles. The second kappa shape index (κ2) is 10.4. The molecule has 3 rings (SSSR count). The van der Waals surface area contributed by atoms with Crippen molar-refractivity contribution in [2.75, 3.05) is 18.5 Å². The summed E-state index contributed by atoms with van der Waals surface area (Å²) in [5, 5.41) is 3.40. The third-order valence-electron chi connectivity index (χ3n) is 4.85. The predicted octanol–water partition coefficient (Wildman–Crippen LogP) is 6.27. The zero-order chi connectivity index (χ0) is 19.6. The van der Waals surface area contributed by atoms with Crippen molar-refractivity contribution in [3.63, 3.8) is 0 Å². The number of benzene rings is 3. The molecule has 0 heterocycles. The fourth-order valence-corrected chi connectivity index (χ4v) is 3.01. The van der Waals surface area contributed by atoms with Gasteiger partial charge in [0.05, 0.1) is 0 Å². The normalized spacial score (nSPS) is 11.6. The van der Waals surface area contributed by atoms with E-state index in [9.17, 15) is 0 Å². The lowest BCUT2D eigenvalue weighted by atomic mass is 9.98. The van der Waals surface area contributed by atoms with E-state index >= 15 is 0 Å². The molecule has 0 radical (unpaired) electrons. The molecule has 0 amide bonds. The maximum absolute atomic E-state index is 6.01. The zero-order valence-electron chi connectivity index (χ0n) is 16.7. The van der Waals surface area contributed by atoms with Gasteiger partial charge in [0.15, 0.2) is 0 Å². The van der Waals surface area contributed by atoms with Gasteiger partial charge in [0, 0.05) is 12.2 Å². The molecular weight excluding hydrogens is 346 g/mol. The summed E-state index contributed by atoms with van der Waals surface area (Å²) in [5.41, 5.74) is 3.51. The Morgan fingerprint density at radius 2 is 1.54 bits per heavy atom. The lowest BCUT2D eigenvalue weighted by Gasteiger charge is -2.16. The number of para-hydroxylation sites is 1. The Morgan fingerprint density at radius 1 is 0.821 bits per heavy atom. The summed E-state index contributed by atoms with van der Waals surface area (Å²) in [6, 6.07) is 26.6. The van der Waals surface area contributed by atoms with Crippen molar-refractivity contribution in [3.05, 3.63) is 90.0 Å². The largest absolute Gasteiger partial charge is 0.491 e. The molecule has 0 saturated carbocycles. The van der Waals surface area contributed by atoms with E-state index in [2.05, 4.69) is 49.5 Å². The fourth-order valence-electron chi connectivity index (χ4n) is 3.01. The minimum Gasteiger partial charge on any atom is -0.491 e. The Bertz CT molecular complexity index is 831. The van der Waals surface area contributed by atoms with Crippen LogP contribution in [0.25, 0.3) is 0 Å². The topological polar surface area (TPSA) is 30.5 Å². The first-order valence-corrected chi connectivity index (χ1v) is 9.98. The fraction of sp³-hybridized carbons (Fsp3) is 0.280. The van der Waals surface area contributed by atoms with Gasteiger partial charge in [-0.1, -0.05) is 62.4 Å². The third-order valence-corrected chi connectivity index (χ3v) is 4.85. The summed E-state index contributed by atoms with van der Waals surface area (Å²) in [6.07, 6.45) is 1.11. The van der Waals surface area contributed by atoms with Crippen LogP contribution in [0.1, 0.15) is 37.3 Å². The molecule has 0 aliphatic carbocycles. The highest BCUT2D eigenvalue weighted by atomic mass is 16.5. The number of rotatable bonds is 10. The molecule has 3 heteroatoms. The highest BCUT2D eigenvalue weighted by Crippen LogP contribution is 2.28. The Balaban J connectivity index is 1.43. The van der Waals surface area contributed by atoms with Gasteiger partial charge in [-0.05, 0) is 53.8 Å². The molecule has 3 nitrogen and oxygen atoms in total. The zero-order valence-corrected chi connectivity index (χ0v) is 16.7. The second-order valence-electron chi connectivity index (χ2n) is 6.92. The van der Waals surface area contributed by atoms with Gasteiger partial charge in [0.2, 0.25) is 0 Å². The molecule has 0 bridgehead atoms. The van der Waals surface area contributed by atoms with Crippen molar-refractivity contribution in [1.29, 1.82) is 0 Å². The monoisotopic (exact) mass is 375 g/mol. The second-order valence-corrected chi connectivity index (χ2v) is 6.92. The van der Waals surface area contributed by atoms with Gasteiger partial charge in [0.25, 0.3) is 0 Å². The van der Waals surface area contributed by atoms with Gasteiger partial charge in [-0.15, -0.1) is 0 Å². The van der Waals surface area contributed by atoms with Gasteiger partial charge in [0.1, 0.15) is 24.7 Å². The molecule has 0 aliphatic rings. The first-order valence-electron chi connectivity index (χ1n) is 9.98. The Labute approximate surface area is 168 Å². The molecule has 1 atom stereocenters. The van der Waals surface area contributed by atoms with Crippen molar-refractivity contribution >= 4 is 5.69 Å². The van der Waals surface area contributed by atoms with E-state index in [0.717, 1.165) is 30.2 Å². The van der Waals surface area contributed by atoms with Crippen molar-refractivity contribution in [3.8, 4) is 11.5 Å². The summed E-state index contributed by atoms with van der Waals surface area (Å²) in [5.74, 6) is 2.36. The van der Waals surface area contributed by atoms with Gasteiger partial charge < -0.3 is 14.8 Å². The van der Waals surface area contributed by atoms with Crippen LogP contribution in [0.4, 0.5) is 5.69 Å². The highest BCUT2D eigenvalue weighted by Gasteiger charge is 2.09. The molecular formula is C25H29NO2. The molecule has 3 aromatic rings. The first-order chi connectivity index (χ1) is 13.8. The van der Waals surface area contributed by atoms with Gasteiger partial charge in [-0.3, -0.25) is 0 Å². The Morgan fingerprint density at radius 3 is 2.29 bits per heavy atom. The third kappa shape index (κ3) is 5.78. The van der Waals surface area contributed by atoms with E-state index in [0.29, 0.717) is 19.1 Å². The van der Waals surface area contributed by atoms with Gasteiger partial charge in [-0.2, -0.15) is 0 Å². The van der Waals surface area contributed by atoms with Crippen LogP contribution in [-0.2, 0) is 6.61 Å². The molecule has 0 saturated heterocycles. The average Bonchev–Trinajstić information content (AvgIpc) is 2.76. The van der Waals surface area contributed by atoms with Crippen LogP contribution in [0.2, 0.25) is 0 Å². The van der Waals surface area contributed by atoms with Gasteiger partial charge >= 0.3 is 0 Å². The van der Waals surface area contributed by atoms with Crippen LogP contribution in [0, 0.1) is 0 Å². The van der Waals surface area contributed by atoms with Crippen LogP contribution in [0.15, 0.2) is 78.9 Å². The standard InChI is InChI=1S/C25H29NO2/c1-3-20(2)24-11-7-8-12-25(24)27-18-17-26-22-13-15-23(16-14-22)28-19-21-9-5-4-6-10-21/h4-16,20,26H,3,17-19H2,1-2H3. The SMILES string of the molecule is CCC(C)c1ccccc1OCCNc1ccc(OCc2ccccc2)cc1. The number of ether oxygens (including phenoxy) is 2. The predicted molar refractivity (Wildman–Crippen MR) is 116 cm³/mol. The molecule has 28 heavy (non-hydrogen) atoms. The minimum atomic E-state index is 0.507. The molecule has 1 N–H and O–H groups in total. The van der Waals surface area contributed by atoms with Crippen LogP contribution in [0.3, 0.4) is 0 Å². The molecule has 146 valence electrons. The van der Waals surface area contributed by atoms with Crippen LogP contribution >= 0.6 is 0 Å². The van der Waals surface area contributed by atoms with Crippen molar-refractivity contribution < 1.29 is 9.47 Å². The first kappa shape index (κ1) is 19.8. The Kier molecular flexibility index (Phi) is 7.36. The molecule has 0 aliphatic heterocycles. The van der Waals surface area contributed by atoms with E-state index in [1.54, 1.807) is 0 Å².